The maximum Gasteiger partial charge on any atom is 0.243 e. The van der Waals surface area contributed by atoms with Gasteiger partial charge in [-0.1, -0.05) is 61.0 Å². The lowest BCUT2D eigenvalue weighted by Gasteiger charge is -2.33. The summed E-state index contributed by atoms with van der Waals surface area (Å²) in [7, 11) is -2.03. The molecule has 2 unspecified atom stereocenters. The first-order valence-corrected chi connectivity index (χ1v) is 16.2. The van der Waals surface area contributed by atoms with Gasteiger partial charge < -0.3 is 15.0 Å². The van der Waals surface area contributed by atoms with Gasteiger partial charge in [0.05, 0.1) is 19.1 Å². The minimum atomic E-state index is -3.60. The van der Waals surface area contributed by atoms with E-state index < -0.39 is 16.1 Å². The largest absolute Gasteiger partial charge is 0.497 e. The van der Waals surface area contributed by atoms with Gasteiger partial charge in [0.1, 0.15) is 11.8 Å². The van der Waals surface area contributed by atoms with E-state index in [0.29, 0.717) is 22.9 Å². The monoisotopic (exact) mass is 613 g/mol. The number of benzene rings is 3. The van der Waals surface area contributed by atoms with Crippen LogP contribution in [0.5, 0.6) is 5.75 Å². The number of nitrogens with zero attached hydrogens (tertiary/aromatic N) is 2. The zero-order valence-electron chi connectivity index (χ0n) is 24.6. The molecule has 0 aliphatic rings. The topological polar surface area (TPSA) is 96.0 Å². The molecule has 0 aromatic heterocycles. The Morgan fingerprint density at radius 1 is 0.976 bits per heavy atom. The van der Waals surface area contributed by atoms with Crippen LogP contribution in [0, 0.1) is 0 Å². The molecule has 3 rings (SSSR count). The second-order valence-electron chi connectivity index (χ2n) is 10.3. The Bertz CT molecular complexity index is 1420. The normalized spacial score (nSPS) is 12.7. The number of amides is 2. The van der Waals surface area contributed by atoms with Gasteiger partial charge in [-0.2, -0.15) is 0 Å². The molecule has 0 aliphatic heterocycles. The Morgan fingerprint density at radius 3 is 2.26 bits per heavy atom. The lowest BCUT2D eigenvalue weighted by molar-refractivity contribution is -0.141. The Morgan fingerprint density at radius 2 is 1.64 bits per heavy atom. The van der Waals surface area contributed by atoms with E-state index in [1.807, 2.05) is 68.4 Å². The second-order valence-corrected chi connectivity index (χ2v) is 12.7. The fourth-order valence-electron chi connectivity index (χ4n) is 4.57. The molecule has 1 N–H and O–H groups in total. The van der Waals surface area contributed by atoms with Crippen LogP contribution in [0.2, 0.25) is 5.02 Å². The van der Waals surface area contributed by atoms with Gasteiger partial charge >= 0.3 is 0 Å². The molecule has 10 heteroatoms. The van der Waals surface area contributed by atoms with Crippen molar-refractivity contribution in [1.82, 2.24) is 10.2 Å². The highest BCUT2D eigenvalue weighted by molar-refractivity contribution is 7.92. The molecule has 3 aromatic rings. The summed E-state index contributed by atoms with van der Waals surface area (Å²) in [6, 6.07) is 22.7. The van der Waals surface area contributed by atoms with Gasteiger partial charge in [-0.15, -0.1) is 0 Å². The summed E-state index contributed by atoms with van der Waals surface area (Å²) in [5.74, 6) is 0.168. The first-order chi connectivity index (χ1) is 20.0. The van der Waals surface area contributed by atoms with Crippen LogP contribution < -0.4 is 14.4 Å². The molecule has 0 fully saturated rings. The highest BCUT2D eigenvalue weighted by Gasteiger charge is 2.31. The first-order valence-electron chi connectivity index (χ1n) is 14.0. The molecule has 0 heterocycles. The number of ether oxygens (including phenoxy) is 1. The summed E-state index contributed by atoms with van der Waals surface area (Å²) in [6.45, 7) is 4.21. The molecule has 0 saturated heterocycles. The quantitative estimate of drug-likeness (QED) is 0.246. The van der Waals surface area contributed by atoms with E-state index >= 15 is 0 Å². The molecule has 0 bridgehead atoms. The highest BCUT2D eigenvalue weighted by Crippen LogP contribution is 2.23. The number of rotatable bonds is 15. The molecule has 0 radical (unpaired) electrons. The summed E-state index contributed by atoms with van der Waals surface area (Å²) in [5, 5.41) is 3.55. The number of methoxy groups -OCH3 is 1. The summed E-state index contributed by atoms with van der Waals surface area (Å²) in [4.78, 5) is 29.2. The Hall–Kier alpha value is -3.56. The Labute approximate surface area is 254 Å². The number of carbonyl (C=O) groups is 2. The molecule has 8 nitrogen and oxygen atoms in total. The molecule has 42 heavy (non-hydrogen) atoms. The molecular formula is C32H40ClN3O5S. The molecule has 2 amide bonds. The summed E-state index contributed by atoms with van der Waals surface area (Å²) in [6.07, 6.45) is 2.52. The van der Waals surface area contributed by atoms with Gasteiger partial charge in [-0.3, -0.25) is 13.9 Å². The Balaban J connectivity index is 1.90. The van der Waals surface area contributed by atoms with Crippen LogP contribution in [-0.4, -0.2) is 57.1 Å². The minimum Gasteiger partial charge on any atom is -0.497 e. The summed E-state index contributed by atoms with van der Waals surface area (Å²) >= 11 is 5.99. The lowest BCUT2D eigenvalue weighted by Crippen LogP contribution is -2.52. The van der Waals surface area contributed by atoms with Gasteiger partial charge in [-0.25, -0.2) is 8.42 Å². The van der Waals surface area contributed by atoms with Crippen LogP contribution in [0.1, 0.15) is 44.2 Å². The van der Waals surface area contributed by atoms with Gasteiger partial charge in [-0.05, 0) is 67.3 Å². The van der Waals surface area contributed by atoms with Crippen LogP contribution in [-0.2, 0) is 32.6 Å². The third-order valence-corrected chi connectivity index (χ3v) is 8.47. The number of hydrogen-bond donors (Lipinski definition) is 1. The maximum absolute atomic E-state index is 13.9. The number of halogens is 1. The van der Waals surface area contributed by atoms with Gasteiger partial charge in [0.2, 0.25) is 21.8 Å². The average molecular weight is 614 g/mol. The molecule has 3 aromatic carbocycles. The van der Waals surface area contributed by atoms with Crippen LogP contribution in [0.3, 0.4) is 0 Å². The first kappa shape index (κ1) is 32.9. The van der Waals surface area contributed by atoms with Crippen molar-refractivity contribution in [1.29, 1.82) is 0 Å². The van der Waals surface area contributed by atoms with Crippen molar-refractivity contribution in [3.05, 3.63) is 95.0 Å². The molecule has 0 spiro atoms. The van der Waals surface area contributed by atoms with E-state index in [0.717, 1.165) is 23.8 Å². The van der Waals surface area contributed by atoms with Crippen LogP contribution >= 0.6 is 11.6 Å². The van der Waals surface area contributed by atoms with Crippen molar-refractivity contribution >= 4 is 39.1 Å². The fraction of sp³-hybridized carbons (Fsp3) is 0.375. The number of sulfonamides is 1. The summed E-state index contributed by atoms with van der Waals surface area (Å²) < 4.78 is 31.8. The van der Waals surface area contributed by atoms with Crippen molar-refractivity contribution in [3.63, 3.8) is 0 Å². The molecular weight excluding hydrogens is 574 g/mol. The number of nitrogens with one attached hydrogen (secondary N) is 1. The van der Waals surface area contributed by atoms with Gasteiger partial charge in [0.15, 0.2) is 0 Å². The van der Waals surface area contributed by atoms with Crippen LogP contribution in [0.25, 0.3) is 0 Å². The highest BCUT2D eigenvalue weighted by atomic mass is 35.5. The fourth-order valence-corrected chi connectivity index (χ4v) is 5.67. The predicted octanol–water partition coefficient (Wildman–Crippen LogP) is 5.45. The summed E-state index contributed by atoms with van der Waals surface area (Å²) in [5.41, 5.74) is 2.21. The van der Waals surface area contributed by atoms with E-state index in [1.54, 1.807) is 36.3 Å². The van der Waals surface area contributed by atoms with Crippen molar-refractivity contribution in [2.45, 2.75) is 58.2 Å². The van der Waals surface area contributed by atoms with E-state index in [2.05, 4.69) is 5.32 Å². The van der Waals surface area contributed by atoms with E-state index in [-0.39, 0.29) is 43.8 Å². The zero-order chi connectivity index (χ0) is 30.7. The second kappa shape index (κ2) is 15.6. The van der Waals surface area contributed by atoms with Gasteiger partial charge in [0, 0.05) is 37.0 Å². The number of hydrogen-bond acceptors (Lipinski definition) is 5. The van der Waals surface area contributed by atoms with Gasteiger partial charge in [0.25, 0.3) is 0 Å². The van der Waals surface area contributed by atoms with Crippen molar-refractivity contribution in [2.75, 3.05) is 24.2 Å². The zero-order valence-corrected chi connectivity index (χ0v) is 26.2. The third-order valence-electron chi connectivity index (χ3n) is 7.03. The van der Waals surface area contributed by atoms with Crippen molar-refractivity contribution < 1.29 is 22.7 Å². The van der Waals surface area contributed by atoms with E-state index in [1.165, 1.54) is 4.31 Å². The molecule has 0 aliphatic carbocycles. The molecule has 0 saturated carbocycles. The SMILES string of the molecule is CCC(C)NC(=O)C(Cc1ccccc1)N(Cc1cccc(OC)c1)C(=O)CCCN(c1ccc(Cl)cc1)S(C)(=O)=O. The van der Waals surface area contributed by atoms with Crippen molar-refractivity contribution in [2.24, 2.45) is 0 Å². The van der Waals surface area contributed by atoms with Crippen LogP contribution in [0.4, 0.5) is 5.69 Å². The van der Waals surface area contributed by atoms with E-state index in [9.17, 15) is 18.0 Å². The smallest absolute Gasteiger partial charge is 0.243 e. The maximum atomic E-state index is 13.9. The predicted molar refractivity (Wildman–Crippen MR) is 168 cm³/mol. The third kappa shape index (κ3) is 9.77. The standard InChI is InChI=1S/C32H40ClN3O5S/c1-5-24(2)34-32(38)30(22-25-11-7-6-8-12-25)35(23-26-13-9-14-29(21-26)41-3)31(37)15-10-20-36(42(4,39)40)28-18-16-27(33)17-19-28/h6-9,11-14,16-19,21,24,30H,5,10,15,20,22-23H2,1-4H3,(H,34,38). The number of anilines is 1. The van der Waals surface area contributed by atoms with Crippen molar-refractivity contribution in [3.8, 4) is 5.75 Å². The molecule has 2 atom stereocenters. The van der Waals surface area contributed by atoms with Crippen LogP contribution in [0.15, 0.2) is 78.9 Å². The lowest BCUT2D eigenvalue weighted by atomic mass is 10.0. The Kier molecular flexibility index (Phi) is 12.2. The molecule has 226 valence electrons. The minimum absolute atomic E-state index is 0.0471. The average Bonchev–Trinajstić information content (AvgIpc) is 2.97. The number of carbonyl (C=O) groups excluding carboxylic acids is 2. The van der Waals surface area contributed by atoms with E-state index in [4.69, 9.17) is 16.3 Å².